The minimum Gasteiger partial charge on any atom is -0.493 e. The van der Waals surface area contributed by atoms with Gasteiger partial charge >= 0.3 is 0 Å². The van der Waals surface area contributed by atoms with Crippen LogP contribution >= 0.6 is 24.0 Å². The maximum atomic E-state index is 5.48. The first kappa shape index (κ1) is 23.2. The highest BCUT2D eigenvalue weighted by atomic mass is 127. The summed E-state index contributed by atoms with van der Waals surface area (Å²) in [6.45, 7) is 5.32. The van der Waals surface area contributed by atoms with E-state index in [0.29, 0.717) is 6.54 Å². The SMILES string of the molecule is CCNC(=NCCc1nc2ccccc2[nH]1)N1CCc2cc(OC)c(OC)cc2C1.I. The van der Waals surface area contributed by atoms with Crippen molar-refractivity contribution in [3.8, 4) is 11.5 Å². The molecular formula is C23H30IN5O2. The number of para-hydroxylation sites is 2. The van der Waals surface area contributed by atoms with Gasteiger partial charge in [-0.05, 0) is 48.7 Å². The second-order valence-corrected chi connectivity index (χ2v) is 7.33. The molecule has 7 nitrogen and oxygen atoms in total. The maximum absolute atomic E-state index is 5.48. The van der Waals surface area contributed by atoms with Crippen LogP contribution in [0.15, 0.2) is 41.4 Å². The molecule has 1 aliphatic heterocycles. The molecule has 0 fully saturated rings. The number of methoxy groups -OCH3 is 2. The topological polar surface area (TPSA) is 74.8 Å². The number of H-pyrrole nitrogens is 1. The summed E-state index contributed by atoms with van der Waals surface area (Å²) in [4.78, 5) is 15.2. The summed E-state index contributed by atoms with van der Waals surface area (Å²) < 4.78 is 10.9. The van der Waals surface area contributed by atoms with Gasteiger partial charge in [0.25, 0.3) is 0 Å². The fraction of sp³-hybridized carbons (Fsp3) is 0.391. The van der Waals surface area contributed by atoms with Gasteiger partial charge in [0.15, 0.2) is 17.5 Å². The van der Waals surface area contributed by atoms with Crippen LogP contribution in [0.25, 0.3) is 11.0 Å². The zero-order chi connectivity index (χ0) is 20.9. The summed E-state index contributed by atoms with van der Waals surface area (Å²) in [5, 5.41) is 3.44. The van der Waals surface area contributed by atoms with Crippen molar-refractivity contribution >= 4 is 41.0 Å². The van der Waals surface area contributed by atoms with Gasteiger partial charge in [-0.3, -0.25) is 4.99 Å². The lowest BCUT2D eigenvalue weighted by Gasteiger charge is -2.32. The molecule has 0 atom stereocenters. The number of imidazole rings is 1. The van der Waals surface area contributed by atoms with E-state index in [2.05, 4.69) is 39.2 Å². The average molecular weight is 535 g/mol. The highest BCUT2D eigenvalue weighted by molar-refractivity contribution is 14.0. The number of aromatic nitrogens is 2. The van der Waals surface area contributed by atoms with Crippen LogP contribution in [-0.4, -0.2) is 54.7 Å². The number of hydrogen-bond donors (Lipinski definition) is 2. The summed E-state index contributed by atoms with van der Waals surface area (Å²) in [6.07, 6.45) is 1.72. The largest absolute Gasteiger partial charge is 0.493 e. The third kappa shape index (κ3) is 5.23. The molecule has 2 heterocycles. The molecule has 2 aromatic carbocycles. The number of guanidine groups is 1. The Morgan fingerprint density at radius 2 is 1.90 bits per heavy atom. The van der Waals surface area contributed by atoms with E-state index in [0.717, 1.165) is 66.8 Å². The van der Waals surface area contributed by atoms with E-state index < -0.39 is 0 Å². The van der Waals surface area contributed by atoms with Crippen LogP contribution in [0.4, 0.5) is 0 Å². The van der Waals surface area contributed by atoms with Gasteiger partial charge in [0.1, 0.15) is 5.82 Å². The van der Waals surface area contributed by atoms with Crippen molar-refractivity contribution in [3.05, 3.63) is 53.3 Å². The molecule has 0 saturated carbocycles. The van der Waals surface area contributed by atoms with E-state index in [-0.39, 0.29) is 24.0 Å². The second kappa shape index (κ2) is 10.7. The van der Waals surface area contributed by atoms with Crippen molar-refractivity contribution < 1.29 is 9.47 Å². The number of aromatic amines is 1. The molecule has 1 aliphatic rings. The van der Waals surface area contributed by atoms with E-state index in [1.54, 1.807) is 14.2 Å². The fourth-order valence-electron chi connectivity index (χ4n) is 3.88. The highest BCUT2D eigenvalue weighted by Crippen LogP contribution is 2.33. The highest BCUT2D eigenvalue weighted by Gasteiger charge is 2.21. The molecule has 0 unspecified atom stereocenters. The Bertz CT molecular complexity index is 1020. The van der Waals surface area contributed by atoms with Crippen LogP contribution in [0, 0.1) is 0 Å². The first-order valence-corrected chi connectivity index (χ1v) is 10.4. The van der Waals surface area contributed by atoms with Crippen molar-refractivity contribution in [2.75, 3.05) is 33.9 Å². The summed E-state index contributed by atoms with van der Waals surface area (Å²) in [6, 6.07) is 12.3. The van der Waals surface area contributed by atoms with Crippen LogP contribution in [0.2, 0.25) is 0 Å². The molecule has 4 rings (SSSR count). The monoisotopic (exact) mass is 535 g/mol. The molecule has 31 heavy (non-hydrogen) atoms. The lowest BCUT2D eigenvalue weighted by molar-refractivity contribution is 0.346. The predicted molar refractivity (Wildman–Crippen MR) is 135 cm³/mol. The van der Waals surface area contributed by atoms with Crippen LogP contribution in [0.1, 0.15) is 23.9 Å². The number of halogens is 1. The van der Waals surface area contributed by atoms with E-state index in [1.165, 1.54) is 11.1 Å². The molecule has 3 aromatic rings. The Morgan fingerprint density at radius 1 is 1.16 bits per heavy atom. The number of nitrogens with zero attached hydrogens (tertiary/aromatic N) is 3. The molecule has 0 amide bonds. The maximum Gasteiger partial charge on any atom is 0.194 e. The van der Waals surface area contributed by atoms with Gasteiger partial charge in [0.2, 0.25) is 0 Å². The number of benzene rings is 2. The molecule has 0 radical (unpaired) electrons. The number of hydrogen-bond acceptors (Lipinski definition) is 4. The van der Waals surface area contributed by atoms with Gasteiger partial charge in [-0.15, -0.1) is 24.0 Å². The molecule has 2 N–H and O–H groups in total. The van der Waals surface area contributed by atoms with Crippen LogP contribution in [-0.2, 0) is 19.4 Å². The Labute approximate surface area is 200 Å². The van der Waals surface area contributed by atoms with Gasteiger partial charge in [0, 0.05) is 32.6 Å². The average Bonchev–Trinajstić information content (AvgIpc) is 3.20. The van der Waals surface area contributed by atoms with Gasteiger partial charge in [-0.1, -0.05) is 12.1 Å². The van der Waals surface area contributed by atoms with Crippen molar-refractivity contribution in [3.63, 3.8) is 0 Å². The van der Waals surface area contributed by atoms with Crippen LogP contribution in [0.5, 0.6) is 11.5 Å². The smallest absolute Gasteiger partial charge is 0.194 e. The number of rotatable bonds is 6. The van der Waals surface area contributed by atoms with Crippen LogP contribution < -0.4 is 14.8 Å². The van der Waals surface area contributed by atoms with E-state index in [4.69, 9.17) is 14.5 Å². The molecule has 166 valence electrons. The number of ether oxygens (including phenoxy) is 2. The molecule has 0 aliphatic carbocycles. The first-order valence-electron chi connectivity index (χ1n) is 10.4. The molecule has 1 aromatic heterocycles. The molecular weight excluding hydrogens is 505 g/mol. The fourth-order valence-corrected chi connectivity index (χ4v) is 3.88. The third-order valence-corrected chi connectivity index (χ3v) is 5.40. The lowest BCUT2D eigenvalue weighted by atomic mass is 9.99. The summed E-state index contributed by atoms with van der Waals surface area (Å²) in [5.41, 5.74) is 4.63. The molecule has 0 bridgehead atoms. The molecule has 0 saturated heterocycles. The zero-order valence-corrected chi connectivity index (χ0v) is 20.6. The van der Waals surface area contributed by atoms with Gasteiger partial charge in [-0.25, -0.2) is 4.98 Å². The number of nitrogens with one attached hydrogen (secondary N) is 2. The van der Waals surface area contributed by atoms with Gasteiger partial charge in [0.05, 0.1) is 25.3 Å². The van der Waals surface area contributed by atoms with Crippen molar-refractivity contribution in [1.82, 2.24) is 20.2 Å². The minimum atomic E-state index is 0. The van der Waals surface area contributed by atoms with E-state index in [9.17, 15) is 0 Å². The first-order chi connectivity index (χ1) is 14.7. The molecule has 8 heteroatoms. The Hall–Kier alpha value is -2.49. The Kier molecular flexibility index (Phi) is 8.00. The Morgan fingerprint density at radius 3 is 2.61 bits per heavy atom. The predicted octanol–water partition coefficient (Wildman–Crippen LogP) is 3.76. The summed E-state index contributed by atoms with van der Waals surface area (Å²) in [5.74, 6) is 3.46. The van der Waals surface area contributed by atoms with Crippen LogP contribution in [0.3, 0.4) is 0 Å². The second-order valence-electron chi connectivity index (χ2n) is 7.33. The molecule has 0 spiro atoms. The lowest BCUT2D eigenvalue weighted by Crippen LogP contribution is -2.44. The summed E-state index contributed by atoms with van der Waals surface area (Å²) >= 11 is 0. The van der Waals surface area contributed by atoms with Gasteiger partial charge < -0.3 is 24.7 Å². The number of aliphatic imine (C=N–C) groups is 1. The van der Waals surface area contributed by atoms with Gasteiger partial charge in [-0.2, -0.15) is 0 Å². The van der Waals surface area contributed by atoms with Crippen molar-refractivity contribution in [1.29, 1.82) is 0 Å². The standard InChI is InChI=1S/C23H29N5O2.HI/c1-4-24-23(25-11-9-22-26-18-7-5-6-8-19(18)27-22)28-12-10-16-13-20(29-2)21(30-3)14-17(16)15-28;/h5-8,13-14H,4,9-12,15H2,1-3H3,(H,24,25)(H,26,27);1H. The Balaban J connectivity index is 0.00000272. The minimum absolute atomic E-state index is 0. The number of fused-ring (bicyclic) bond motifs is 2. The summed E-state index contributed by atoms with van der Waals surface area (Å²) in [7, 11) is 3.35. The quantitative estimate of drug-likeness (QED) is 0.286. The van der Waals surface area contributed by atoms with E-state index >= 15 is 0 Å². The van der Waals surface area contributed by atoms with E-state index in [1.807, 2.05) is 24.3 Å². The normalized spacial score (nSPS) is 13.5. The van der Waals surface area contributed by atoms with Crippen molar-refractivity contribution in [2.24, 2.45) is 4.99 Å². The zero-order valence-electron chi connectivity index (χ0n) is 18.3. The third-order valence-electron chi connectivity index (χ3n) is 5.40. The van der Waals surface area contributed by atoms with Crippen molar-refractivity contribution in [2.45, 2.75) is 26.3 Å².